The Morgan fingerprint density at radius 3 is 2.50 bits per heavy atom. The van der Waals surface area contributed by atoms with Crippen molar-refractivity contribution >= 4 is 48.0 Å². The van der Waals surface area contributed by atoms with E-state index in [4.69, 9.17) is 34.0 Å². The maximum Gasteiger partial charge on any atom is 0.273 e. The van der Waals surface area contributed by atoms with Crippen molar-refractivity contribution in [1.82, 2.24) is 21.3 Å². The van der Waals surface area contributed by atoms with Crippen LogP contribution < -0.4 is 21.3 Å². The van der Waals surface area contributed by atoms with E-state index in [0.29, 0.717) is 28.0 Å². The van der Waals surface area contributed by atoms with Crippen molar-refractivity contribution in [2.75, 3.05) is 6.67 Å². The first-order valence-electron chi connectivity index (χ1n) is 9.22. The summed E-state index contributed by atoms with van der Waals surface area (Å²) in [6.45, 7) is 6.23. The molecule has 0 unspecified atom stereocenters. The molecule has 1 aromatic carbocycles. The number of hydrogen-bond acceptors (Lipinski definition) is 5. The Morgan fingerprint density at radius 1 is 1.17 bits per heavy atom. The zero-order valence-corrected chi connectivity index (χ0v) is 18.7. The molecular weight excluding hydrogens is 425 g/mol. The maximum absolute atomic E-state index is 12.9. The summed E-state index contributed by atoms with van der Waals surface area (Å²) in [5.41, 5.74) is 2.60. The van der Waals surface area contributed by atoms with E-state index in [2.05, 4.69) is 26.3 Å². The largest absolute Gasteiger partial charge is 0.368 e. The summed E-state index contributed by atoms with van der Waals surface area (Å²) in [6.07, 6.45) is 4.07. The van der Waals surface area contributed by atoms with Crippen LogP contribution in [0, 0.1) is 10.8 Å². The molecule has 8 nitrogen and oxygen atoms in total. The van der Waals surface area contributed by atoms with Crippen molar-refractivity contribution in [1.29, 1.82) is 10.8 Å². The molecule has 1 amide bonds. The van der Waals surface area contributed by atoms with Gasteiger partial charge in [0, 0.05) is 12.8 Å². The summed E-state index contributed by atoms with van der Waals surface area (Å²) < 4.78 is 0. The van der Waals surface area contributed by atoms with Crippen LogP contribution >= 0.6 is 23.2 Å². The zero-order chi connectivity index (χ0) is 22.5. The van der Waals surface area contributed by atoms with Crippen LogP contribution in [-0.2, 0) is 11.3 Å². The highest BCUT2D eigenvalue weighted by molar-refractivity contribution is 6.42. The number of rotatable bonds is 12. The number of aliphatic imine (C=N–C) groups is 1. The molecule has 0 aliphatic rings. The molecule has 0 heterocycles. The number of nitrogens with one attached hydrogen (secondary N) is 6. The number of hydrogen-bond donors (Lipinski definition) is 6. The van der Waals surface area contributed by atoms with Gasteiger partial charge in [-0.05, 0) is 49.1 Å². The lowest BCUT2D eigenvalue weighted by Gasteiger charge is -2.18. The van der Waals surface area contributed by atoms with Gasteiger partial charge in [-0.25, -0.2) is 4.99 Å². The minimum Gasteiger partial charge on any atom is -0.368 e. The third-order valence-electron chi connectivity index (χ3n) is 4.09. The topological polar surface area (TPSA) is 125 Å². The predicted molar refractivity (Wildman–Crippen MR) is 124 cm³/mol. The fourth-order valence-corrected chi connectivity index (χ4v) is 2.56. The highest BCUT2D eigenvalue weighted by Crippen LogP contribution is 2.22. The van der Waals surface area contributed by atoms with Crippen LogP contribution in [0.15, 0.2) is 45.9 Å². The minimum absolute atomic E-state index is 0.202. The van der Waals surface area contributed by atoms with E-state index in [1.807, 2.05) is 19.9 Å². The molecule has 0 saturated carbocycles. The summed E-state index contributed by atoms with van der Waals surface area (Å²) in [7, 11) is 0. The second-order valence-corrected chi connectivity index (χ2v) is 7.05. The number of amides is 1. The van der Waals surface area contributed by atoms with E-state index < -0.39 is 0 Å². The molecule has 0 spiro atoms. The first-order valence-corrected chi connectivity index (χ1v) is 9.97. The smallest absolute Gasteiger partial charge is 0.273 e. The predicted octanol–water partition coefficient (Wildman–Crippen LogP) is 3.54. The molecule has 162 valence electrons. The van der Waals surface area contributed by atoms with Gasteiger partial charge in [-0.2, -0.15) is 0 Å². The number of benzene rings is 1. The zero-order valence-electron chi connectivity index (χ0n) is 17.2. The van der Waals surface area contributed by atoms with Crippen LogP contribution in [0.4, 0.5) is 0 Å². The van der Waals surface area contributed by atoms with Crippen LogP contribution in [0.5, 0.6) is 0 Å². The van der Waals surface area contributed by atoms with Gasteiger partial charge in [0.15, 0.2) is 0 Å². The van der Waals surface area contributed by atoms with Crippen LogP contribution in [-0.4, -0.2) is 31.5 Å². The van der Waals surface area contributed by atoms with Gasteiger partial charge in [0.2, 0.25) is 0 Å². The maximum atomic E-state index is 12.9. The van der Waals surface area contributed by atoms with E-state index in [-0.39, 0.29) is 18.3 Å². The lowest BCUT2D eigenvalue weighted by atomic mass is 10.2. The van der Waals surface area contributed by atoms with Crippen LogP contribution in [0.2, 0.25) is 10.0 Å². The molecule has 6 N–H and O–H groups in total. The number of carbonyl (C=O) groups excluding carboxylic acids is 1. The third-order valence-corrected chi connectivity index (χ3v) is 4.83. The Hall–Kier alpha value is -2.84. The molecule has 0 aromatic heterocycles. The van der Waals surface area contributed by atoms with E-state index in [1.165, 1.54) is 6.34 Å². The Labute approximate surface area is 186 Å². The Morgan fingerprint density at radius 2 is 1.90 bits per heavy atom. The molecule has 0 aliphatic heterocycles. The minimum atomic E-state index is -0.383. The number of nitrogens with zero attached hydrogens (tertiary/aromatic N) is 1. The van der Waals surface area contributed by atoms with Crippen LogP contribution in [0.3, 0.4) is 0 Å². The molecule has 1 rings (SSSR count). The van der Waals surface area contributed by atoms with E-state index in [1.54, 1.807) is 19.1 Å². The summed E-state index contributed by atoms with van der Waals surface area (Å²) in [6, 6.07) is 5.35. The van der Waals surface area contributed by atoms with Gasteiger partial charge in [-0.1, -0.05) is 36.2 Å². The van der Waals surface area contributed by atoms with Gasteiger partial charge in [-0.3, -0.25) is 10.2 Å². The second kappa shape index (κ2) is 13.4. The standard InChI is InChI=1S/C20H27Cl2N7O/c1-4-13(2)19(27-9-15-5-6-16(21)17(22)7-15)29-20(30)18(14(3)8-23)28-12-26-11-25-10-24/h5-8,10-11,23,27-28H,4,9,12H2,1-3H3,(H,29,30)(H2,24,25,26)/b18-14-,19-13-,23-8?. The molecule has 0 aliphatic carbocycles. The first-order chi connectivity index (χ1) is 14.3. The quantitative estimate of drug-likeness (QED) is 0.0954. The van der Waals surface area contributed by atoms with Crippen LogP contribution in [0.1, 0.15) is 32.8 Å². The monoisotopic (exact) mass is 451 g/mol. The normalized spacial score (nSPS) is 12.6. The first kappa shape index (κ1) is 25.2. The summed E-state index contributed by atoms with van der Waals surface area (Å²) in [4.78, 5) is 16.5. The summed E-state index contributed by atoms with van der Waals surface area (Å²) in [5, 5.41) is 27.1. The number of carbonyl (C=O) groups is 1. The fraction of sp³-hybridized carbons (Fsp3) is 0.300. The lowest BCUT2D eigenvalue weighted by Crippen LogP contribution is -2.39. The average molecular weight is 452 g/mol. The van der Waals surface area contributed by atoms with E-state index in [9.17, 15) is 4.79 Å². The molecule has 0 fully saturated rings. The van der Waals surface area contributed by atoms with Crippen molar-refractivity contribution in [2.45, 2.75) is 33.7 Å². The Kier molecular flexibility index (Phi) is 11.3. The Bertz CT molecular complexity index is 863. The van der Waals surface area contributed by atoms with Crippen molar-refractivity contribution in [3.05, 3.63) is 56.5 Å². The molecule has 1 aromatic rings. The summed E-state index contributed by atoms with van der Waals surface area (Å²) in [5.74, 6) is 0.204. The average Bonchev–Trinajstić information content (AvgIpc) is 2.74. The van der Waals surface area contributed by atoms with Gasteiger partial charge in [0.25, 0.3) is 5.91 Å². The van der Waals surface area contributed by atoms with Crippen LogP contribution in [0.25, 0.3) is 0 Å². The molecule has 30 heavy (non-hydrogen) atoms. The molecular formula is C20H27Cl2N7O. The number of allylic oxidation sites excluding steroid dienone is 2. The molecule has 0 radical (unpaired) electrons. The van der Waals surface area contributed by atoms with Gasteiger partial charge in [0.05, 0.1) is 23.1 Å². The lowest BCUT2D eigenvalue weighted by molar-refractivity contribution is -0.117. The molecule has 0 bridgehead atoms. The molecule has 0 saturated heterocycles. The number of halogens is 2. The Balaban J connectivity index is 2.91. The van der Waals surface area contributed by atoms with Crippen molar-refractivity contribution in [2.24, 2.45) is 4.99 Å². The van der Waals surface area contributed by atoms with Crippen molar-refractivity contribution in [3.8, 4) is 0 Å². The van der Waals surface area contributed by atoms with E-state index >= 15 is 0 Å². The van der Waals surface area contributed by atoms with Gasteiger partial charge in [-0.15, -0.1) is 0 Å². The highest BCUT2D eigenvalue weighted by Gasteiger charge is 2.14. The van der Waals surface area contributed by atoms with Gasteiger partial charge < -0.3 is 26.7 Å². The summed E-state index contributed by atoms with van der Waals surface area (Å²) >= 11 is 12.0. The van der Waals surface area contributed by atoms with Gasteiger partial charge in [0.1, 0.15) is 17.9 Å². The molecule has 10 heteroatoms. The molecule has 0 atom stereocenters. The second-order valence-electron chi connectivity index (χ2n) is 6.23. The van der Waals surface area contributed by atoms with Gasteiger partial charge >= 0.3 is 0 Å². The van der Waals surface area contributed by atoms with Crippen molar-refractivity contribution < 1.29 is 4.79 Å². The highest BCUT2D eigenvalue weighted by atomic mass is 35.5. The van der Waals surface area contributed by atoms with E-state index in [0.717, 1.165) is 30.1 Å². The SMILES string of the molecule is CC/C(C)=C(/NCc1ccc(Cl)c(Cl)c1)NC(=O)/C(NCN/C=N\C=N)=C(\C)C=N. The van der Waals surface area contributed by atoms with Crippen molar-refractivity contribution in [3.63, 3.8) is 0 Å². The third kappa shape index (κ3) is 8.26. The fourth-order valence-electron chi connectivity index (χ4n) is 2.24.